The maximum Gasteiger partial charge on any atom is 0.262 e. The third-order valence-electron chi connectivity index (χ3n) is 5.25. The van der Waals surface area contributed by atoms with E-state index in [1.807, 2.05) is 73.6 Å². The Morgan fingerprint density at radius 3 is 1.84 bits per heavy atom. The monoisotopic (exact) mass is 445 g/mol. The van der Waals surface area contributed by atoms with Gasteiger partial charge in [-0.15, -0.1) is 0 Å². The van der Waals surface area contributed by atoms with Crippen LogP contribution in [0.5, 0.6) is 0 Å². The maximum absolute atomic E-state index is 13.7. The maximum atomic E-state index is 13.7. The number of carbonyl (C=O) groups excluding carboxylic acids is 1. The molecule has 7 heteroatoms. The summed E-state index contributed by atoms with van der Waals surface area (Å²) in [5, 5.41) is 7.15. The Hall–Kier alpha value is -3.68. The molecule has 0 spiro atoms. The van der Waals surface area contributed by atoms with Crippen molar-refractivity contribution in [3.8, 4) is 0 Å². The van der Waals surface area contributed by atoms with Gasteiger partial charge in [-0.3, -0.25) is 9.69 Å². The van der Waals surface area contributed by atoms with E-state index in [2.05, 4.69) is 0 Å². The Morgan fingerprint density at radius 1 is 0.719 bits per heavy atom. The molecule has 0 heterocycles. The number of primary sulfonamides is 1. The van der Waals surface area contributed by atoms with Crippen LogP contribution in [0.1, 0.15) is 10.4 Å². The Labute approximate surface area is 187 Å². The van der Waals surface area contributed by atoms with Gasteiger partial charge in [0, 0.05) is 41.8 Å². The van der Waals surface area contributed by atoms with Crippen molar-refractivity contribution < 1.29 is 13.2 Å². The minimum Gasteiger partial charge on any atom is -0.377 e. The molecule has 0 atom stereocenters. The van der Waals surface area contributed by atoms with E-state index in [4.69, 9.17) is 5.14 Å². The van der Waals surface area contributed by atoms with Gasteiger partial charge in [-0.2, -0.15) is 0 Å². The SMILES string of the molecule is CN(C)c1cccc2c(N(C(=O)c3ccccc3)c3ccc(S(N)(=O)=O)cc3)cccc12. The summed E-state index contributed by atoms with van der Waals surface area (Å²) in [6, 6.07) is 26.7. The molecule has 0 aromatic heterocycles. The molecule has 2 N–H and O–H groups in total. The molecule has 4 aromatic carbocycles. The molecule has 0 saturated heterocycles. The van der Waals surface area contributed by atoms with Crippen molar-refractivity contribution in [3.63, 3.8) is 0 Å². The fourth-order valence-corrected chi connectivity index (χ4v) is 4.24. The van der Waals surface area contributed by atoms with Gasteiger partial charge >= 0.3 is 0 Å². The van der Waals surface area contributed by atoms with Crippen LogP contribution in [0.25, 0.3) is 10.8 Å². The summed E-state index contributed by atoms with van der Waals surface area (Å²) >= 11 is 0. The molecule has 0 bridgehead atoms. The normalized spacial score (nSPS) is 11.3. The minimum absolute atomic E-state index is 0.0128. The second kappa shape index (κ2) is 8.45. The number of carbonyl (C=O) groups is 1. The summed E-state index contributed by atoms with van der Waals surface area (Å²) < 4.78 is 23.4. The van der Waals surface area contributed by atoms with E-state index in [0.29, 0.717) is 16.9 Å². The standard InChI is InChI=1S/C25H23N3O3S/c1-27(2)23-12-6-11-22-21(23)10-7-13-24(22)28(25(29)18-8-4-3-5-9-18)19-14-16-20(17-15-19)32(26,30)31/h3-17H,1-2H3,(H2,26,30,31). The summed E-state index contributed by atoms with van der Waals surface area (Å²) in [5.41, 5.74) is 2.78. The van der Waals surface area contributed by atoms with Crippen LogP contribution >= 0.6 is 0 Å². The van der Waals surface area contributed by atoms with Crippen molar-refractivity contribution in [1.82, 2.24) is 0 Å². The topological polar surface area (TPSA) is 83.7 Å². The molecular weight excluding hydrogens is 422 g/mol. The van der Waals surface area contributed by atoms with Crippen LogP contribution in [0, 0.1) is 0 Å². The smallest absolute Gasteiger partial charge is 0.262 e. The number of nitrogens with two attached hydrogens (primary N) is 1. The Bertz CT molecular complexity index is 1380. The van der Waals surface area contributed by atoms with Gasteiger partial charge in [-0.05, 0) is 48.5 Å². The van der Waals surface area contributed by atoms with E-state index in [1.54, 1.807) is 29.2 Å². The zero-order chi connectivity index (χ0) is 22.9. The predicted octanol–water partition coefficient (Wildman–Crippen LogP) is 4.53. The molecule has 0 aliphatic heterocycles. The van der Waals surface area contributed by atoms with E-state index in [-0.39, 0.29) is 10.8 Å². The summed E-state index contributed by atoms with van der Waals surface area (Å²) in [7, 11) is 0.104. The minimum atomic E-state index is -3.84. The first kappa shape index (κ1) is 21.5. The molecule has 32 heavy (non-hydrogen) atoms. The first-order chi connectivity index (χ1) is 15.3. The summed E-state index contributed by atoms with van der Waals surface area (Å²) in [5.74, 6) is -0.225. The number of benzene rings is 4. The van der Waals surface area contributed by atoms with Crippen LogP contribution in [0.4, 0.5) is 17.1 Å². The highest BCUT2D eigenvalue weighted by molar-refractivity contribution is 7.89. The van der Waals surface area contributed by atoms with Gasteiger partial charge in [0.15, 0.2) is 0 Å². The van der Waals surface area contributed by atoms with Crippen molar-refractivity contribution >= 4 is 43.8 Å². The second-order valence-electron chi connectivity index (χ2n) is 7.59. The lowest BCUT2D eigenvalue weighted by Gasteiger charge is -2.26. The van der Waals surface area contributed by atoms with E-state index in [1.165, 1.54) is 12.1 Å². The highest BCUT2D eigenvalue weighted by Crippen LogP contribution is 2.37. The molecule has 0 saturated carbocycles. The lowest BCUT2D eigenvalue weighted by molar-refractivity contribution is 0.0999. The van der Waals surface area contributed by atoms with Crippen molar-refractivity contribution in [2.45, 2.75) is 4.90 Å². The number of nitrogens with zero attached hydrogens (tertiary/aromatic N) is 2. The van der Waals surface area contributed by atoms with Crippen LogP contribution in [-0.2, 0) is 10.0 Å². The van der Waals surface area contributed by atoms with E-state index in [9.17, 15) is 13.2 Å². The van der Waals surface area contributed by atoms with Crippen molar-refractivity contribution in [3.05, 3.63) is 96.6 Å². The number of fused-ring (bicyclic) bond motifs is 1. The zero-order valence-electron chi connectivity index (χ0n) is 17.8. The second-order valence-corrected chi connectivity index (χ2v) is 9.15. The van der Waals surface area contributed by atoms with Gasteiger partial charge in [0.2, 0.25) is 10.0 Å². The molecule has 4 aromatic rings. The lowest BCUT2D eigenvalue weighted by atomic mass is 10.0. The molecule has 6 nitrogen and oxygen atoms in total. The molecule has 0 aliphatic rings. The van der Waals surface area contributed by atoms with Gasteiger partial charge < -0.3 is 4.90 Å². The summed E-state index contributed by atoms with van der Waals surface area (Å²) in [6.45, 7) is 0. The van der Waals surface area contributed by atoms with Crippen LogP contribution in [-0.4, -0.2) is 28.4 Å². The first-order valence-corrected chi connectivity index (χ1v) is 11.5. The average molecular weight is 446 g/mol. The molecule has 162 valence electrons. The van der Waals surface area contributed by atoms with Crippen LogP contribution < -0.4 is 14.9 Å². The largest absolute Gasteiger partial charge is 0.377 e. The number of hydrogen-bond acceptors (Lipinski definition) is 4. The summed E-state index contributed by atoms with van der Waals surface area (Å²) in [4.78, 5) is 17.3. The zero-order valence-corrected chi connectivity index (χ0v) is 18.6. The fraction of sp³-hybridized carbons (Fsp3) is 0.0800. The summed E-state index contributed by atoms with van der Waals surface area (Å²) in [6.07, 6.45) is 0. The van der Waals surface area contributed by atoms with Gasteiger partial charge in [0.1, 0.15) is 0 Å². The lowest BCUT2D eigenvalue weighted by Crippen LogP contribution is -2.26. The number of sulfonamides is 1. The Balaban J connectivity index is 1.95. The third-order valence-corrected chi connectivity index (χ3v) is 6.18. The molecule has 4 rings (SSSR count). The molecule has 0 aliphatic carbocycles. The highest BCUT2D eigenvalue weighted by atomic mass is 32.2. The van der Waals surface area contributed by atoms with Crippen molar-refractivity contribution in [1.29, 1.82) is 0 Å². The van der Waals surface area contributed by atoms with Gasteiger partial charge in [0.25, 0.3) is 5.91 Å². The van der Waals surface area contributed by atoms with E-state index >= 15 is 0 Å². The van der Waals surface area contributed by atoms with Gasteiger partial charge in [-0.25, -0.2) is 13.6 Å². The Morgan fingerprint density at radius 2 is 1.28 bits per heavy atom. The van der Waals surface area contributed by atoms with Crippen molar-refractivity contribution in [2.24, 2.45) is 5.14 Å². The van der Waals surface area contributed by atoms with Gasteiger partial charge in [0.05, 0.1) is 10.6 Å². The first-order valence-electron chi connectivity index (χ1n) is 9.99. The molecule has 0 radical (unpaired) electrons. The highest BCUT2D eigenvalue weighted by Gasteiger charge is 2.23. The molecular formula is C25H23N3O3S. The molecule has 1 amide bonds. The number of hydrogen-bond donors (Lipinski definition) is 1. The number of rotatable bonds is 5. The van der Waals surface area contributed by atoms with Crippen LogP contribution in [0.15, 0.2) is 95.9 Å². The van der Waals surface area contributed by atoms with Crippen molar-refractivity contribution in [2.75, 3.05) is 23.9 Å². The predicted molar refractivity (Wildman–Crippen MR) is 129 cm³/mol. The third kappa shape index (κ3) is 4.08. The van der Waals surface area contributed by atoms with E-state index in [0.717, 1.165) is 16.5 Å². The quantitative estimate of drug-likeness (QED) is 0.489. The average Bonchev–Trinajstić information content (AvgIpc) is 2.79. The molecule has 0 unspecified atom stereocenters. The van der Waals surface area contributed by atoms with Crippen LogP contribution in [0.3, 0.4) is 0 Å². The van der Waals surface area contributed by atoms with Gasteiger partial charge in [-0.1, -0.05) is 42.5 Å². The number of anilines is 3. The Kier molecular flexibility index (Phi) is 5.69. The fourth-order valence-electron chi connectivity index (χ4n) is 3.72. The number of amides is 1. The molecule has 0 fully saturated rings. The van der Waals surface area contributed by atoms with Crippen LogP contribution in [0.2, 0.25) is 0 Å². The van der Waals surface area contributed by atoms with E-state index < -0.39 is 10.0 Å².